The van der Waals surface area contributed by atoms with E-state index in [0.29, 0.717) is 13.0 Å². The van der Waals surface area contributed by atoms with Gasteiger partial charge >= 0.3 is 0 Å². The average Bonchev–Trinajstić information content (AvgIpc) is 2.48. The topological polar surface area (TPSA) is 78.9 Å². The number of hydrogen-bond donors (Lipinski definition) is 2. The molecule has 1 atom stereocenters. The molecule has 0 aliphatic rings. The van der Waals surface area contributed by atoms with Gasteiger partial charge in [-0.1, -0.05) is 42.4 Å². The monoisotopic (exact) mass is 291 g/mol. The fourth-order valence-corrected chi connectivity index (χ4v) is 2.35. The molecule has 0 aromatic heterocycles. The molecule has 1 aromatic carbocycles. The van der Waals surface area contributed by atoms with Crippen LogP contribution in [-0.4, -0.2) is 34.4 Å². The Hall–Kier alpha value is -2.04. The standard InChI is InChI=1S/C16H25N3O2/c1-4-14(13-8-6-5-7-9-13)16(20)19(12(2)3)11-10-15(17)18-21/h5-9,12,14,21H,4,10-11H2,1-3H3,(H2,17,18). The Morgan fingerprint density at radius 3 is 2.43 bits per heavy atom. The molecule has 116 valence electrons. The second-order valence-corrected chi connectivity index (χ2v) is 5.34. The zero-order chi connectivity index (χ0) is 15.8. The number of amides is 1. The number of carbonyl (C=O) groups is 1. The van der Waals surface area contributed by atoms with E-state index in [4.69, 9.17) is 10.9 Å². The highest BCUT2D eigenvalue weighted by Gasteiger charge is 2.26. The summed E-state index contributed by atoms with van der Waals surface area (Å²) in [6, 6.07) is 9.87. The summed E-state index contributed by atoms with van der Waals surface area (Å²) in [5, 5.41) is 11.6. The first-order valence-corrected chi connectivity index (χ1v) is 7.33. The predicted molar refractivity (Wildman–Crippen MR) is 84.3 cm³/mol. The van der Waals surface area contributed by atoms with Crippen LogP contribution in [0.25, 0.3) is 0 Å². The van der Waals surface area contributed by atoms with Crippen molar-refractivity contribution >= 4 is 11.7 Å². The maximum absolute atomic E-state index is 12.8. The fraction of sp³-hybridized carbons (Fsp3) is 0.500. The van der Waals surface area contributed by atoms with Crippen molar-refractivity contribution in [3.8, 4) is 0 Å². The van der Waals surface area contributed by atoms with E-state index in [1.165, 1.54) is 0 Å². The van der Waals surface area contributed by atoms with E-state index >= 15 is 0 Å². The molecular formula is C16H25N3O2. The molecular weight excluding hydrogens is 266 g/mol. The van der Waals surface area contributed by atoms with Gasteiger partial charge in [-0.2, -0.15) is 0 Å². The number of amidine groups is 1. The molecule has 1 rings (SSSR count). The van der Waals surface area contributed by atoms with E-state index in [0.717, 1.165) is 12.0 Å². The van der Waals surface area contributed by atoms with Gasteiger partial charge in [-0.3, -0.25) is 4.79 Å². The lowest BCUT2D eigenvalue weighted by atomic mass is 9.94. The number of carbonyl (C=O) groups excluding carboxylic acids is 1. The van der Waals surface area contributed by atoms with E-state index in [-0.39, 0.29) is 23.7 Å². The highest BCUT2D eigenvalue weighted by Crippen LogP contribution is 2.23. The summed E-state index contributed by atoms with van der Waals surface area (Å²) in [5.41, 5.74) is 6.53. The molecule has 0 aliphatic carbocycles. The summed E-state index contributed by atoms with van der Waals surface area (Å²) in [4.78, 5) is 14.6. The Balaban J connectivity index is 2.88. The van der Waals surface area contributed by atoms with E-state index in [2.05, 4.69) is 5.16 Å². The van der Waals surface area contributed by atoms with Crippen LogP contribution in [0.15, 0.2) is 35.5 Å². The van der Waals surface area contributed by atoms with Crippen molar-refractivity contribution < 1.29 is 10.0 Å². The number of nitrogens with zero attached hydrogens (tertiary/aromatic N) is 2. The van der Waals surface area contributed by atoms with E-state index in [1.807, 2.05) is 51.1 Å². The maximum Gasteiger partial charge on any atom is 0.230 e. The first kappa shape index (κ1) is 17.0. The summed E-state index contributed by atoms with van der Waals surface area (Å²) in [5.74, 6) is 0.0755. The SMILES string of the molecule is CCC(C(=O)N(CCC(N)=NO)C(C)C)c1ccccc1. The Bertz CT molecular complexity index is 472. The Morgan fingerprint density at radius 2 is 1.95 bits per heavy atom. The molecule has 0 saturated heterocycles. The molecule has 5 nitrogen and oxygen atoms in total. The second kappa shape index (κ2) is 8.29. The van der Waals surface area contributed by atoms with Crippen LogP contribution in [0.2, 0.25) is 0 Å². The minimum Gasteiger partial charge on any atom is -0.409 e. The zero-order valence-corrected chi connectivity index (χ0v) is 13.0. The summed E-state index contributed by atoms with van der Waals surface area (Å²) in [6.07, 6.45) is 1.11. The molecule has 0 fully saturated rings. The molecule has 0 bridgehead atoms. The van der Waals surface area contributed by atoms with Crippen LogP contribution in [-0.2, 0) is 4.79 Å². The molecule has 1 unspecified atom stereocenters. The molecule has 5 heteroatoms. The highest BCUT2D eigenvalue weighted by atomic mass is 16.4. The van der Waals surface area contributed by atoms with Gasteiger partial charge in [0.1, 0.15) is 5.84 Å². The van der Waals surface area contributed by atoms with Crippen LogP contribution < -0.4 is 5.73 Å². The van der Waals surface area contributed by atoms with Crippen LogP contribution in [0.1, 0.15) is 45.1 Å². The predicted octanol–water partition coefficient (Wildman–Crippen LogP) is 2.55. The highest BCUT2D eigenvalue weighted by molar-refractivity contribution is 5.85. The molecule has 0 radical (unpaired) electrons. The summed E-state index contributed by atoms with van der Waals surface area (Å²) in [7, 11) is 0. The van der Waals surface area contributed by atoms with Gasteiger partial charge in [0, 0.05) is 19.0 Å². The Kier molecular flexibility index (Phi) is 6.72. The van der Waals surface area contributed by atoms with E-state index in [9.17, 15) is 4.79 Å². The van der Waals surface area contributed by atoms with Gasteiger partial charge in [0.25, 0.3) is 0 Å². The van der Waals surface area contributed by atoms with Crippen LogP contribution in [0.3, 0.4) is 0 Å². The zero-order valence-electron chi connectivity index (χ0n) is 13.0. The van der Waals surface area contributed by atoms with Gasteiger partial charge in [-0.15, -0.1) is 0 Å². The van der Waals surface area contributed by atoms with Crippen LogP contribution in [0.5, 0.6) is 0 Å². The molecule has 1 aromatic rings. The van der Waals surface area contributed by atoms with Crippen LogP contribution in [0, 0.1) is 0 Å². The van der Waals surface area contributed by atoms with Gasteiger partial charge in [-0.25, -0.2) is 0 Å². The average molecular weight is 291 g/mol. The number of benzene rings is 1. The van der Waals surface area contributed by atoms with Gasteiger partial charge < -0.3 is 15.8 Å². The number of oxime groups is 1. The first-order valence-electron chi connectivity index (χ1n) is 7.33. The Morgan fingerprint density at radius 1 is 1.33 bits per heavy atom. The number of nitrogens with two attached hydrogens (primary N) is 1. The first-order chi connectivity index (χ1) is 10.0. The normalized spacial score (nSPS) is 13.2. The fourth-order valence-electron chi connectivity index (χ4n) is 2.35. The Labute approximate surface area is 126 Å². The van der Waals surface area contributed by atoms with Crippen molar-refractivity contribution in [3.05, 3.63) is 35.9 Å². The summed E-state index contributed by atoms with van der Waals surface area (Å²) in [6.45, 7) is 6.41. The van der Waals surface area contributed by atoms with Crippen molar-refractivity contribution in [2.24, 2.45) is 10.9 Å². The van der Waals surface area contributed by atoms with Gasteiger partial charge in [0.05, 0.1) is 5.92 Å². The van der Waals surface area contributed by atoms with Gasteiger partial charge in [0.2, 0.25) is 5.91 Å². The molecule has 0 spiro atoms. The summed E-state index contributed by atoms with van der Waals surface area (Å²) < 4.78 is 0. The van der Waals surface area contributed by atoms with Crippen molar-refractivity contribution in [1.82, 2.24) is 4.90 Å². The van der Waals surface area contributed by atoms with E-state index < -0.39 is 0 Å². The smallest absolute Gasteiger partial charge is 0.230 e. The minimum atomic E-state index is -0.152. The lowest BCUT2D eigenvalue weighted by molar-refractivity contribution is -0.134. The quantitative estimate of drug-likeness (QED) is 0.351. The van der Waals surface area contributed by atoms with Crippen LogP contribution >= 0.6 is 0 Å². The van der Waals surface area contributed by atoms with Crippen molar-refractivity contribution in [2.45, 2.75) is 45.6 Å². The molecule has 0 aliphatic heterocycles. The van der Waals surface area contributed by atoms with Crippen molar-refractivity contribution in [2.75, 3.05) is 6.54 Å². The second-order valence-electron chi connectivity index (χ2n) is 5.34. The minimum absolute atomic E-state index is 0.0711. The number of rotatable bonds is 7. The summed E-state index contributed by atoms with van der Waals surface area (Å²) >= 11 is 0. The molecule has 0 saturated carbocycles. The third kappa shape index (κ3) is 4.77. The number of hydrogen-bond acceptors (Lipinski definition) is 3. The van der Waals surface area contributed by atoms with E-state index in [1.54, 1.807) is 4.90 Å². The lowest BCUT2D eigenvalue weighted by Crippen LogP contribution is -2.41. The van der Waals surface area contributed by atoms with Gasteiger partial charge in [0.15, 0.2) is 0 Å². The van der Waals surface area contributed by atoms with Gasteiger partial charge in [-0.05, 0) is 25.8 Å². The molecule has 3 N–H and O–H groups in total. The third-order valence-corrected chi connectivity index (χ3v) is 3.55. The molecule has 1 amide bonds. The third-order valence-electron chi connectivity index (χ3n) is 3.55. The maximum atomic E-state index is 12.8. The van der Waals surface area contributed by atoms with Crippen molar-refractivity contribution in [3.63, 3.8) is 0 Å². The largest absolute Gasteiger partial charge is 0.409 e. The molecule has 21 heavy (non-hydrogen) atoms. The lowest BCUT2D eigenvalue weighted by Gasteiger charge is -2.30. The van der Waals surface area contributed by atoms with Crippen LogP contribution in [0.4, 0.5) is 0 Å². The molecule has 0 heterocycles. The van der Waals surface area contributed by atoms with Crippen molar-refractivity contribution in [1.29, 1.82) is 0 Å².